The van der Waals surface area contributed by atoms with Gasteiger partial charge in [-0.05, 0) is 19.3 Å². The molecule has 6 nitrogen and oxygen atoms in total. The number of carbonyl (C=O) groups is 2. The second-order valence-electron chi connectivity index (χ2n) is 5.90. The monoisotopic (exact) mass is 357 g/mol. The first-order valence-electron chi connectivity index (χ1n) is 7.14. The number of Topliss-reactive ketones (excluding diaryl/α,β-unsaturated/α-hetero) is 1. The molecule has 0 N–H and O–H groups in total. The molecule has 2 heterocycles. The van der Waals surface area contributed by atoms with E-state index in [1.54, 1.807) is 4.90 Å². The van der Waals surface area contributed by atoms with Crippen LogP contribution in [0.4, 0.5) is 0 Å². The maximum absolute atomic E-state index is 12.5. The van der Waals surface area contributed by atoms with Crippen LogP contribution in [0.1, 0.15) is 56.5 Å². The minimum atomic E-state index is -0.467. The lowest BCUT2D eigenvalue weighted by Gasteiger charge is -2.21. The van der Waals surface area contributed by atoms with Gasteiger partial charge in [0.05, 0.1) is 11.4 Å². The van der Waals surface area contributed by atoms with Crippen molar-refractivity contribution in [2.45, 2.75) is 51.5 Å². The highest BCUT2D eigenvalue weighted by atomic mass is 79.9. The van der Waals surface area contributed by atoms with Crippen LogP contribution < -0.4 is 0 Å². The van der Waals surface area contributed by atoms with E-state index in [2.05, 4.69) is 26.1 Å². The Hall–Kier alpha value is -1.24. The highest BCUT2D eigenvalue weighted by molar-refractivity contribution is 9.09. The van der Waals surface area contributed by atoms with Crippen LogP contribution in [0.15, 0.2) is 4.52 Å². The number of hydrogen-bond donors (Lipinski definition) is 0. The summed E-state index contributed by atoms with van der Waals surface area (Å²) < 4.78 is 5.23. The van der Waals surface area contributed by atoms with E-state index < -0.39 is 6.04 Å². The molecular weight excluding hydrogens is 338 g/mol. The lowest BCUT2D eigenvalue weighted by atomic mass is 9.90. The number of likely N-dealkylation sites (tertiary alicyclic amines) is 1. The van der Waals surface area contributed by atoms with Crippen LogP contribution >= 0.6 is 15.9 Å². The summed E-state index contributed by atoms with van der Waals surface area (Å²) in [5, 5.41) is 4.03. The SMILES string of the molecule is CCC(C)(C)c1nc(C(=O)[C@@H]2CCCN2C(=O)CBr)no1. The summed E-state index contributed by atoms with van der Waals surface area (Å²) in [6.07, 6.45) is 2.30. The predicted molar refractivity (Wildman–Crippen MR) is 80.5 cm³/mol. The molecule has 0 radical (unpaired) electrons. The molecule has 116 valence electrons. The lowest BCUT2D eigenvalue weighted by molar-refractivity contribution is -0.128. The number of alkyl halides is 1. The van der Waals surface area contributed by atoms with Gasteiger partial charge in [0.15, 0.2) is 0 Å². The maximum atomic E-state index is 12.5. The van der Waals surface area contributed by atoms with Crippen molar-refractivity contribution in [3.8, 4) is 0 Å². The molecule has 1 aromatic heterocycles. The van der Waals surface area contributed by atoms with Gasteiger partial charge in [-0.15, -0.1) is 0 Å². The maximum Gasteiger partial charge on any atom is 0.240 e. The van der Waals surface area contributed by atoms with E-state index in [0.717, 1.165) is 12.8 Å². The lowest BCUT2D eigenvalue weighted by Crippen LogP contribution is -2.41. The number of hydrogen-bond acceptors (Lipinski definition) is 5. The summed E-state index contributed by atoms with van der Waals surface area (Å²) >= 11 is 3.14. The van der Waals surface area contributed by atoms with Crippen LogP contribution in [-0.2, 0) is 10.2 Å². The van der Waals surface area contributed by atoms with Crippen LogP contribution in [0.3, 0.4) is 0 Å². The van der Waals surface area contributed by atoms with Crippen molar-refractivity contribution in [1.82, 2.24) is 15.0 Å². The summed E-state index contributed by atoms with van der Waals surface area (Å²) in [6, 6.07) is -0.467. The first-order valence-corrected chi connectivity index (χ1v) is 8.26. The molecule has 7 heteroatoms. The van der Waals surface area contributed by atoms with Crippen molar-refractivity contribution in [2.24, 2.45) is 0 Å². The smallest absolute Gasteiger partial charge is 0.240 e. The molecule has 0 aliphatic carbocycles. The molecule has 1 aliphatic heterocycles. The van der Waals surface area contributed by atoms with Gasteiger partial charge in [-0.1, -0.05) is 41.9 Å². The fourth-order valence-corrected chi connectivity index (χ4v) is 2.64. The molecule has 1 aliphatic rings. The summed E-state index contributed by atoms with van der Waals surface area (Å²) in [6.45, 7) is 6.61. The second kappa shape index (κ2) is 6.25. The quantitative estimate of drug-likeness (QED) is 0.596. The van der Waals surface area contributed by atoms with E-state index >= 15 is 0 Å². The Morgan fingerprint density at radius 1 is 1.48 bits per heavy atom. The molecule has 0 saturated carbocycles. The van der Waals surface area contributed by atoms with E-state index in [1.165, 1.54) is 0 Å². The van der Waals surface area contributed by atoms with Crippen molar-refractivity contribution >= 4 is 27.6 Å². The van der Waals surface area contributed by atoms with Crippen LogP contribution in [0.25, 0.3) is 0 Å². The number of amides is 1. The van der Waals surface area contributed by atoms with Crippen molar-refractivity contribution in [3.05, 3.63) is 11.7 Å². The Morgan fingerprint density at radius 3 is 2.81 bits per heavy atom. The molecule has 1 fully saturated rings. The highest BCUT2D eigenvalue weighted by Gasteiger charge is 2.37. The third kappa shape index (κ3) is 3.17. The topological polar surface area (TPSA) is 76.3 Å². The first-order chi connectivity index (χ1) is 9.90. The minimum Gasteiger partial charge on any atom is -0.338 e. The van der Waals surface area contributed by atoms with Crippen LogP contribution in [-0.4, -0.2) is 44.6 Å². The van der Waals surface area contributed by atoms with Gasteiger partial charge in [-0.3, -0.25) is 9.59 Å². The average molecular weight is 358 g/mol. The molecule has 21 heavy (non-hydrogen) atoms. The second-order valence-corrected chi connectivity index (χ2v) is 6.46. The Labute approximate surface area is 132 Å². The molecule has 0 unspecified atom stereocenters. The van der Waals surface area contributed by atoms with Gasteiger partial charge < -0.3 is 9.42 Å². The predicted octanol–water partition coefficient (Wildman–Crippen LogP) is 2.33. The van der Waals surface area contributed by atoms with Crippen LogP contribution in [0, 0.1) is 0 Å². The number of nitrogens with zero attached hydrogens (tertiary/aromatic N) is 3. The van der Waals surface area contributed by atoms with Gasteiger partial charge in [0.25, 0.3) is 0 Å². The molecule has 0 spiro atoms. The molecule has 0 bridgehead atoms. The Balaban J connectivity index is 2.19. The number of rotatable bonds is 5. The molecule has 1 saturated heterocycles. The van der Waals surface area contributed by atoms with Gasteiger partial charge in [0.1, 0.15) is 0 Å². The summed E-state index contributed by atoms with van der Waals surface area (Å²) in [5.74, 6) is 0.225. The summed E-state index contributed by atoms with van der Waals surface area (Å²) in [7, 11) is 0. The van der Waals surface area contributed by atoms with Gasteiger partial charge in [-0.25, -0.2) is 0 Å². The summed E-state index contributed by atoms with van der Waals surface area (Å²) in [5.41, 5.74) is -0.257. The Bertz CT molecular complexity index is 541. The van der Waals surface area contributed by atoms with Crippen molar-refractivity contribution in [2.75, 3.05) is 11.9 Å². The van der Waals surface area contributed by atoms with Crippen molar-refractivity contribution in [1.29, 1.82) is 0 Å². The number of ketones is 1. The van der Waals surface area contributed by atoms with Crippen molar-refractivity contribution < 1.29 is 14.1 Å². The zero-order chi connectivity index (χ0) is 15.6. The largest absolute Gasteiger partial charge is 0.338 e. The van der Waals surface area contributed by atoms with Gasteiger partial charge >= 0.3 is 0 Å². The number of aromatic nitrogens is 2. The number of carbonyl (C=O) groups excluding carboxylic acids is 2. The molecular formula is C14H20BrN3O3. The van der Waals surface area contributed by atoms with Gasteiger partial charge in [0, 0.05) is 12.0 Å². The number of halogens is 1. The normalized spacial score (nSPS) is 19.0. The Kier molecular flexibility index (Phi) is 4.81. The van der Waals surface area contributed by atoms with E-state index in [9.17, 15) is 9.59 Å². The zero-order valence-corrected chi connectivity index (χ0v) is 14.1. The fourth-order valence-electron chi connectivity index (χ4n) is 2.31. The van der Waals surface area contributed by atoms with Crippen LogP contribution in [0.2, 0.25) is 0 Å². The highest BCUT2D eigenvalue weighted by Crippen LogP contribution is 2.26. The fraction of sp³-hybridized carbons (Fsp3) is 0.714. The standard InChI is InChI=1S/C14H20BrN3O3/c1-4-14(2,3)13-16-12(17-21-13)11(20)9-6-5-7-18(9)10(19)8-15/h9H,4-8H2,1-3H3/t9-/m0/s1. The molecule has 2 rings (SSSR count). The van der Waals surface area contributed by atoms with E-state index in [-0.39, 0.29) is 28.3 Å². The average Bonchev–Trinajstić information content (AvgIpc) is 3.14. The van der Waals surface area contributed by atoms with Crippen LogP contribution in [0.5, 0.6) is 0 Å². The summed E-state index contributed by atoms with van der Waals surface area (Å²) in [4.78, 5) is 30.2. The van der Waals surface area contributed by atoms with Gasteiger partial charge in [-0.2, -0.15) is 4.98 Å². The Morgan fingerprint density at radius 2 is 2.19 bits per heavy atom. The molecule has 1 amide bonds. The van der Waals surface area contributed by atoms with E-state index in [4.69, 9.17) is 4.52 Å². The zero-order valence-electron chi connectivity index (χ0n) is 12.6. The molecule has 1 atom stereocenters. The molecule has 1 aromatic rings. The van der Waals surface area contributed by atoms with E-state index in [1.807, 2.05) is 20.8 Å². The van der Waals surface area contributed by atoms with Crippen molar-refractivity contribution in [3.63, 3.8) is 0 Å². The van der Waals surface area contributed by atoms with E-state index in [0.29, 0.717) is 18.9 Å². The van der Waals surface area contributed by atoms with Gasteiger partial charge in [0.2, 0.25) is 23.4 Å². The minimum absolute atomic E-state index is 0.0748. The third-order valence-electron chi connectivity index (χ3n) is 4.10. The third-order valence-corrected chi connectivity index (χ3v) is 4.58. The molecule has 0 aromatic carbocycles. The first kappa shape index (κ1) is 16.1.